The number of amides is 2. The van der Waals surface area contributed by atoms with Crippen molar-refractivity contribution in [2.45, 2.75) is 44.2 Å². The smallest absolute Gasteiger partial charge is 0.262 e. The van der Waals surface area contributed by atoms with Crippen LogP contribution in [-0.2, 0) is 9.59 Å². The van der Waals surface area contributed by atoms with Crippen LogP contribution in [0.3, 0.4) is 0 Å². The molecule has 1 heterocycles. The Hall–Kier alpha value is -2.08. The number of rotatable bonds is 4. The molecule has 2 aliphatic rings. The van der Waals surface area contributed by atoms with Crippen LogP contribution >= 0.6 is 0 Å². The van der Waals surface area contributed by atoms with Gasteiger partial charge in [-0.2, -0.15) is 0 Å². The van der Waals surface area contributed by atoms with Gasteiger partial charge in [-0.3, -0.25) is 14.5 Å². The van der Waals surface area contributed by atoms with Gasteiger partial charge >= 0.3 is 0 Å². The molecule has 3 rings (SSSR count). The third kappa shape index (κ3) is 3.95. The molecule has 0 radical (unpaired) electrons. The number of para-hydroxylation sites is 2. The summed E-state index contributed by atoms with van der Waals surface area (Å²) in [6.07, 6.45) is 5.41. The summed E-state index contributed by atoms with van der Waals surface area (Å²) < 4.78 is 5.77. The number of likely N-dealkylation sites (N-methyl/N-ethyl adjacent to an activating group) is 2. The van der Waals surface area contributed by atoms with Crippen molar-refractivity contribution in [2.75, 3.05) is 32.1 Å². The summed E-state index contributed by atoms with van der Waals surface area (Å²) in [7, 11) is 3.60. The third-order valence-corrected chi connectivity index (χ3v) is 5.20. The number of anilines is 1. The van der Waals surface area contributed by atoms with Crippen LogP contribution in [0, 0.1) is 0 Å². The van der Waals surface area contributed by atoms with Crippen LogP contribution in [0.4, 0.5) is 5.69 Å². The normalized spacial score (nSPS) is 20.8. The van der Waals surface area contributed by atoms with Crippen molar-refractivity contribution in [1.29, 1.82) is 0 Å². The number of carbonyl (C=O) groups excluding carboxylic acids is 2. The topological polar surface area (TPSA) is 61.9 Å². The van der Waals surface area contributed by atoms with Gasteiger partial charge in [0, 0.05) is 13.1 Å². The fourth-order valence-electron chi connectivity index (χ4n) is 3.72. The zero-order valence-electron chi connectivity index (χ0n) is 15.0. The molecule has 1 aromatic carbocycles. The number of hydrogen-bond donors (Lipinski definition) is 1. The lowest BCUT2D eigenvalue weighted by molar-refractivity contribution is -0.128. The number of nitrogens with zero attached hydrogens (tertiary/aromatic N) is 2. The van der Waals surface area contributed by atoms with Gasteiger partial charge in [0.05, 0.1) is 18.8 Å². The van der Waals surface area contributed by atoms with E-state index < -0.39 is 6.10 Å². The lowest BCUT2D eigenvalue weighted by Crippen LogP contribution is -2.52. The van der Waals surface area contributed by atoms with Gasteiger partial charge in [0.2, 0.25) is 5.91 Å². The maximum atomic E-state index is 13.0. The average Bonchev–Trinajstić information content (AvgIpc) is 2.67. The Balaban J connectivity index is 1.74. The van der Waals surface area contributed by atoms with Crippen molar-refractivity contribution in [1.82, 2.24) is 10.2 Å². The van der Waals surface area contributed by atoms with E-state index in [0.29, 0.717) is 18.3 Å². The van der Waals surface area contributed by atoms with E-state index in [1.807, 2.05) is 25.2 Å². The van der Waals surface area contributed by atoms with Gasteiger partial charge in [0.25, 0.3) is 5.91 Å². The fraction of sp³-hybridized carbons (Fsp3) is 0.579. The molecule has 1 fully saturated rings. The molecule has 0 unspecified atom stereocenters. The molecule has 1 saturated carbocycles. The van der Waals surface area contributed by atoms with Gasteiger partial charge in [-0.05, 0) is 32.0 Å². The lowest BCUT2D eigenvalue weighted by atomic mass is 9.94. The summed E-state index contributed by atoms with van der Waals surface area (Å²) in [5.41, 5.74) is 0.740. The standard InChI is InChI=1S/C19H27N3O3/c1-20-19(24)17-12-22(15-10-6-7-11-16(15)25-17)18(23)13-21(2)14-8-4-3-5-9-14/h6-7,10-11,14,17H,3-5,8-9,12-13H2,1-2H3,(H,20,24)/t17-/m1/s1. The van der Waals surface area contributed by atoms with Crippen LogP contribution < -0.4 is 15.0 Å². The SMILES string of the molecule is CNC(=O)[C@H]1CN(C(=O)CN(C)C2CCCCC2)c2ccccc2O1. The summed E-state index contributed by atoms with van der Waals surface area (Å²) in [6.45, 7) is 0.605. The molecule has 0 saturated heterocycles. The van der Waals surface area contributed by atoms with Gasteiger partial charge in [-0.25, -0.2) is 0 Å². The van der Waals surface area contributed by atoms with Crippen molar-refractivity contribution in [3.05, 3.63) is 24.3 Å². The zero-order chi connectivity index (χ0) is 17.8. The van der Waals surface area contributed by atoms with Gasteiger partial charge in [0.15, 0.2) is 6.10 Å². The van der Waals surface area contributed by atoms with E-state index in [1.165, 1.54) is 19.3 Å². The monoisotopic (exact) mass is 345 g/mol. The molecule has 25 heavy (non-hydrogen) atoms. The van der Waals surface area contributed by atoms with Crippen molar-refractivity contribution < 1.29 is 14.3 Å². The Morgan fingerprint density at radius 2 is 1.96 bits per heavy atom. The molecule has 136 valence electrons. The highest BCUT2D eigenvalue weighted by Gasteiger charge is 2.34. The Morgan fingerprint density at radius 3 is 2.68 bits per heavy atom. The van der Waals surface area contributed by atoms with E-state index in [4.69, 9.17) is 4.74 Å². The van der Waals surface area contributed by atoms with E-state index in [-0.39, 0.29) is 18.4 Å². The first-order valence-corrected chi connectivity index (χ1v) is 9.08. The maximum Gasteiger partial charge on any atom is 0.262 e. The molecule has 0 aromatic heterocycles. The predicted molar refractivity (Wildman–Crippen MR) is 96.8 cm³/mol. The van der Waals surface area contributed by atoms with Gasteiger partial charge in [-0.15, -0.1) is 0 Å². The molecule has 1 aromatic rings. The molecule has 6 heteroatoms. The second-order valence-corrected chi connectivity index (χ2v) is 6.90. The molecule has 1 aliphatic carbocycles. The number of fused-ring (bicyclic) bond motifs is 1. The number of carbonyl (C=O) groups is 2. The van der Waals surface area contributed by atoms with Crippen molar-refractivity contribution in [3.63, 3.8) is 0 Å². The Kier molecular flexibility index (Phi) is 5.58. The van der Waals surface area contributed by atoms with E-state index in [9.17, 15) is 9.59 Å². The Morgan fingerprint density at radius 1 is 1.24 bits per heavy atom. The molecule has 1 aliphatic heterocycles. The molecule has 2 amide bonds. The van der Waals surface area contributed by atoms with Crippen LogP contribution in [0.1, 0.15) is 32.1 Å². The van der Waals surface area contributed by atoms with Gasteiger partial charge in [0.1, 0.15) is 5.75 Å². The summed E-state index contributed by atoms with van der Waals surface area (Å²) in [6, 6.07) is 7.88. The minimum Gasteiger partial charge on any atom is -0.477 e. The third-order valence-electron chi connectivity index (χ3n) is 5.20. The molecular weight excluding hydrogens is 318 g/mol. The van der Waals surface area contributed by atoms with Crippen molar-refractivity contribution >= 4 is 17.5 Å². The average molecular weight is 345 g/mol. The molecule has 6 nitrogen and oxygen atoms in total. The molecule has 0 bridgehead atoms. The Labute approximate surface area is 149 Å². The summed E-state index contributed by atoms with van der Waals surface area (Å²) in [5.74, 6) is 0.377. The van der Waals surface area contributed by atoms with Crippen LogP contribution in [-0.4, -0.2) is 56.0 Å². The van der Waals surface area contributed by atoms with Gasteiger partial charge in [-0.1, -0.05) is 31.4 Å². The van der Waals surface area contributed by atoms with Gasteiger partial charge < -0.3 is 15.0 Å². The highest BCUT2D eigenvalue weighted by molar-refractivity contribution is 5.98. The second-order valence-electron chi connectivity index (χ2n) is 6.90. The first kappa shape index (κ1) is 17.7. The largest absolute Gasteiger partial charge is 0.477 e. The maximum absolute atomic E-state index is 13.0. The summed E-state index contributed by atoms with van der Waals surface area (Å²) in [4.78, 5) is 28.9. The fourth-order valence-corrected chi connectivity index (χ4v) is 3.72. The molecule has 1 N–H and O–H groups in total. The van der Waals surface area contributed by atoms with E-state index in [2.05, 4.69) is 10.2 Å². The van der Waals surface area contributed by atoms with E-state index >= 15 is 0 Å². The van der Waals surface area contributed by atoms with Crippen LogP contribution in [0.2, 0.25) is 0 Å². The minimum absolute atomic E-state index is 0.0118. The molecular formula is C19H27N3O3. The molecule has 0 spiro atoms. The molecule has 1 atom stereocenters. The minimum atomic E-state index is -0.677. The lowest BCUT2D eigenvalue weighted by Gasteiger charge is -2.36. The first-order valence-electron chi connectivity index (χ1n) is 9.08. The first-order chi connectivity index (χ1) is 12.1. The van der Waals surface area contributed by atoms with E-state index in [0.717, 1.165) is 18.5 Å². The van der Waals surface area contributed by atoms with Crippen molar-refractivity contribution in [3.8, 4) is 5.75 Å². The number of hydrogen-bond acceptors (Lipinski definition) is 4. The number of benzene rings is 1. The van der Waals surface area contributed by atoms with Crippen LogP contribution in [0.15, 0.2) is 24.3 Å². The van der Waals surface area contributed by atoms with E-state index in [1.54, 1.807) is 18.0 Å². The highest BCUT2D eigenvalue weighted by atomic mass is 16.5. The second kappa shape index (κ2) is 7.87. The summed E-state index contributed by atoms with van der Waals surface area (Å²) >= 11 is 0. The van der Waals surface area contributed by atoms with Crippen LogP contribution in [0.5, 0.6) is 5.75 Å². The highest BCUT2D eigenvalue weighted by Crippen LogP contribution is 2.33. The Bertz CT molecular complexity index is 628. The summed E-state index contributed by atoms with van der Waals surface area (Å²) in [5, 5.41) is 2.61. The quantitative estimate of drug-likeness (QED) is 0.904. The van der Waals surface area contributed by atoms with Crippen LogP contribution in [0.25, 0.3) is 0 Å². The van der Waals surface area contributed by atoms with Crippen molar-refractivity contribution in [2.24, 2.45) is 0 Å². The predicted octanol–water partition coefficient (Wildman–Crippen LogP) is 1.79. The number of ether oxygens (including phenoxy) is 1. The zero-order valence-corrected chi connectivity index (χ0v) is 15.0. The number of nitrogens with one attached hydrogen (secondary N) is 1.